The lowest BCUT2D eigenvalue weighted by molar-refractivity contribution is 0.160. The Labute approximate surface area is 90.7 Å². The van der Waals surface area contributed by atoms with Gasteiger partial charge in [-0.3, -0.25) is 0 Å². The van der Waals surface area contributed by atoms with Gasteiger partial charge in [-0.05, 0) is 19.3 Å². The number of urea groups is 1. The third-order valence-corrected chi connectivity index (χ3v) is 2.46. The summed E-state index contributed by atoms with van der Waals surface area (Å²) in [5, 5.41) is 14.9. The van der Waals surface area contributed by atoms with Gasteiger partial charge in [0.15, 0.2) is 0 Å². The minimum atomic E-state index is -0.428. The molecule has 0 radical (unpaired) electrons. The predicted molar refractivity (Wildman–Crippen MR) is 59.6 cm³/mol. The van der Waals surface area contributed by atoms with Crippen molar-refractivity contribution in [2.24, 2.45) is 0 Å². The molecule has 1 atom stereocenters. The van der Waals surface area contributed by atoms with Gasteiger partial charge in [-0.2, -0.15) is 0 Å². The first-order valence-electron chi connectivity index (χ1n) is 5.59. The van der Waals surface area contributed by atoms with E-state index < -0.39 is 6.10 Å². The average molecular weight is 212 g/mol. The summed E-state index contributed by atoms with van der Waals surface area (Å²) >= 11 is 0. The van der Waals surface area contributed by atoms with Gasteiger partial charge >= 0.3 is 6.03 Å². The summed E-state index contributed by atoms with van der Waals surface area (Å²) in [6, 6.07) is 0.0483. The largest absolute Gasteiger partial charge is 0.391 e. The van der Waals surface area contributed by atoms with Crippen LogP contribution >= 0.6 is 0 Å². The zero-order valence-electron chi connectivity index (χ0n) is 9.20. The van der Waals surface area contributed by atoms with Gasteiger partial charge in [-0.1, -0.05) is 25.5 Å². The first kappa shape index (κ1) is 12.0. The molecule has 1 aliphatic carbocycles. The Morgan fingerprint density at radius 1 is 1.53 bits per heavy atom. The molecule has 4 heteroatoms. The van der Waals surface area contributed by atoms with Crippen LogP contribution in [0, 0.1) is 0 Å². The van der Waals surface area contributed by atoms with Gasteiger partial charge in [0.05, 0.1) is 6.10 Å². The summed E-state index contributed by atoms with van der Waals surface area (Å²) in [7, 11) is 0. The van der Waals surface area contributed by atoms with E-state index in [9.17, 15) is 9.90 Å². The fourth-order valence-corrected chi connectivity index (χ4v) is 1.62. The van der Waals surface area contributed by atoms with Crippen LogP contribution in [0.1, 0.15) is 32.6 Å². The van der Waals surface area contributed by atoms with Crippen molar-refractivity contribution in [1.29, 1.82) is 0 Å². The van der Waals surface area contributed by atoms with Crippen LogP contribution in [0.25, 0.3) is 0 Å². The summed E-state index contributed by atoms with van der Waals surface area (Å²) in [6.45, 7) is 2.34. The number of carbonyl (C=O) groups is 1. The number of hydrogen-bond donors (Lipinski definition) is 3. The minimum Gasteiger partial charge on any atom is -0.391 e. The highest BCUT2D eigenvalue weighted by atomic mass is 16.3. The van der Waals surface area contributed by atoms with Crippen molar-refractivity contribution in [2.75, 3.05) is 6.54 Å². The van der Waals surface area contributed by atoms with Crippen molar-refractivity contribution < 1.29 is 9.90 Å². The van der Waals surface area contributed by atoms with E-state index in [0.717, 1.165) is 25.7 Å². The molecule has 0 aliphatic heterocycles. The predicted octanol–water partition coefficient (Wildman–Crippen LogP) is 1.17. The highest BCUT2D eigenvalue weighted by Gasteiger charge is 2.13. The third kappa shape index (κ3) is 4.83. The Balaban J connectivity index is 2.07. The Morgan fingerprint density at radius 2 is 2.20 bits per heavy atom. The molecule has 3 N–H and O–H groups in total. The Bertz CT molecular complexity index is 221. The molecule has 0 aromatic heterocycles. The number of aliphatic hydroxyl groups is 1. The molecule has 0 spiro atoms. The van der Waals surface area contributed by atoms with Crippen LogP contribution in [0.5, 0.6) is 0 Å². The van der Waals surface area contributed by atoms with Crippen molar-refractivity contribution >= 4 is 6.03 Å². The fraction of sp³-hybridized carbons (Fsp3) is 0.727. The molecule has 1 rings (SSSR count). The number of hydrogen-bond acceptors (Lipinski definition) is 2. The number of amides is 2. The second-order valence-electron chi connectivity index (χ2n) is 3.94. The monoisotopic (exact) mass is 212 g/mol. The molecule has 0 saturated heterocycles. The van der Waals surface area contributed by atoms with Crippen molar-refractivity contribution in [1.82, 2.24) is 10.6 Å². The molecule has 15 heavy (non-hydrogen) atoms. The lowest BCUT2D eigenvalue weighted by Gasteiger charge is -2.15. The molecular formula is C11H20N2O2. The summed E-state index contributed by atoms with van der Waals surface area (Å²) in [6.07, 6.45) is 7.17. The molecule has 1 aliphatic rings. The molecule has 0 fully saturated rings. The van der Waals surface area contributed by atoms with Gasteiger partial charge < -0.3 is 15.7 Å². The fourth-order valence-electron chi connectivity index (χ4n) is 1.62. The van der Waals surface area contributed by atoms with Crippen molar-refractivity contribution in [3.05, 3.63) is 12.2 Å². The zero-order valence-corrected chi connectivity index (χ0v) is 9.20. The van der Waals surface area contributed by atoms with Crippen LogP contribution in [0.2, 0.25) is 0 Å². The minimum absolute atomic E-state index is 0.182. The lowest BCUT2D eigenvalue weighted by Crippen LogP contribution is -2.43. The lowest BCUT2D eigenvalue weighted by atomic mass is 10.2. The Morgan fingerprint density at radius 3 is 2.80 bits per heavy atom. The molecule has 0 bridgehead atoms. The Kier molecular flexibility index (Phi) is 5.18. The number of aliphatic hydroxyl groups excluding tert-OH is 1. The quantitative estimate of drug-likeness (QED) is 0.599. The number of rotatable bonds is 5. The normalized spacial score (nSPS) is 17.7. The smallest absolute Gasteiger partial charge is 0.315 e. The Hall–Kier alpha value is -1.03. The van der Waals surface area contributed by atoms with Crippen molar-refractivity contribution in [3.8, 4) is 0 Å². The van der Waals surface area contributed by atoms with E-state index in [2.05, 4.69) is 22.8 Å². The molecule has 86 valence electrons. The second-order valence-corrected chi connectivity index (χ2v) is 3.94. The maximum atomic E-state index is 11.3. The molecule has 0 aromatic rings. The standard InChI is InChI=1S/C11H20N2O2/c1-2-5-10(14)8-12-11(15)13-9-6-3-4-7-9/h3-4,9-10,14H,2,5-8H2,1H3,(H2,12,13,15). The van der Waals surface area contributed by atoms with E-state index in [4.69, 9.17) is 0 Å². The highest BCUT2D eigenvalue weighted by molar-refractivity contribution is 5.74. The molecule has 0 aromatic carbocycles. The second kappa shape index (κ2) is 6.45. The third-order valence-electron chi connectivity index (χ3n) is 2.46. The summed E-state index contributed by atoms with van der Waals surface area (Å²) in [5.41, 5.74) is 0. The molecule has 2 amide bonds. The maximum Gasteiger partial charge on any atom is 0.315 e. The van der Waals surface area contributed by atoms with E-state index >= 15 is 0 Å². The van der Waals surface area contributed by atoms with E-state index in [0.29, 0.717) is 6.54 Å². The average Bonchev–Trinajstić information content (AvgIpc) is 2.68. The van der Waals surface area contributed by atoms with E-state index in [1.807, 2.05) is 6.92 Å². The molecule has 4 nitrogen and oxygen atoms in total. The molecule has 0 saturated carbocycles. The maximum absolute atomic E-state index is 11.3. The first-order chi connectivity index (χ1) is 7.22. The molecule has 1 unspecified atom stereocenters. The van der Waals surface area contributed by atoms with Gasteiger partial charge in [0.25, 0.3) is 0 Å². The molecular weight excluding hydrogens is 192 g/mol. The van der Waals surface area contributed by atoms with Gasteiger partial charge in [0, 0.05) is 12.6 Å². The SMILES string of the molecule is CCCC(O)CNC(=O)NC1CC=CC1. The van der Waals surface area contributed by atoms with Crippen LogP contribution in [-0.4, -0.2) is 29.8 Å². The molecule has 0 heterocycles. The van der Waals surface area contributed by atoms with Gasteiger partial charge in [-0.15, -0.1) is 0 Å². The van der Waals surface area contributed by atoms with E-state index in [1.165, 1.54) is 0 Å². The van der Waals surface area contributed by atoms with E-state index in [1.54, 1.807) is 0 Å². The van der Waals surface area contributed by atoms with E-state index in [-0.39, 0.29) is 12.1 Å². The van der Waals surface area contributed by atoms with Crippen molar-refractivity contribution in [3.63, 3.8) is 0 Å². The summed E-state index contributed by atoms with van der Waals surface area (Å²) in [5.74, 6) is 0. The number of carbonyl (C=O) groups excluding carboxylic acids is 1. The van der Waals surface area contributed by atoms with Crippen LogP contribution < -0.4 is 10.6 Å². The highest BCUT2D eigenvalue weighted by Crippen LogP contribution is 2.08. The topological polar surface area (TPSA) is 61.4 Å². The van der Waals surface area contributed by atoms with Crippen LogP contribution in [0.4, 0.5) is 4.79 Å². The van der Waals surface area contributed by atoms with Crippen LogP contribution in [-0.2, 0) is 0 Å². The van der Waals surface area contributed by atoms with Crippen LogP contribution in [0.15, 0.2) is 12.2 Å². The van der Waals surface area contributed by atoms with Crippen molar-refractivity contribution in [2.45, 2.75) is 44.8 Å². The number of nitrogens with one attached hydrogen (secondary N) is 2. The zero-order chi connectivity index (χ0) is 11.1. The van der Waals surface area contributed by atoms with Gasteiger partial charge in [0.2, 0.25) is 0 Å². The first-order valence-corrected chi connectivity index (χ1v) is 5.59. The van der Waals surface area contributed by atoms with Crippen LogP contribution in [0.3, 0.4) is 0 Å². The van der Waals surface area contributed by atoms with Gasteiger partial charge in [-0.25, -0.2) is 4.79 Å². The summed E-state index contributed by atoms with van der Waals surface area (Å²) < 4.78 is 0. The summed E-state index contributed by atoms with van der Waals surface area (Å²) in [4.78, 5) is 11.3. The van der Waals surface area contributed by atoms with Gasteiger partial charge in [0.1, 0.15) is 0 Å².